The van der Waals surface area contributed by atoms with E-state index in [2.05, 4.69) is 74.5 Å². The van der Waals surface area contributed by atoms with Crippen molar-refractivity contribution in [1.29, 1.82) is 0 Å². The van der Waals surface area contributed by atoms with Crippen LogP contribution in [0, 0.1) is 0 Å². The summed E-state index contributed by atoms with van der Waals surface area (Å²) in [7, 11) is 0. The molecule has 0 bridgehead atoms. The largest absolute Gasteiger partial charge is 0.337 e. The molecule has 3 aromatic carbocycles. The average Bonchev–Trinajstić information content (AvgIpc) is 3.23. The van der Waals surface area contributed by atoms with Crippen LogP contribution in [0.15, 0.2) is 94.6 Å². The van der Waals surface area contributed by atoms with E-state index < -0.39 is 0 Å². The number of halogens is 1. The maximum atomic E-state index is 12.3. The highest BCUT2D eigenvalue weighted by molar-refractivity contribution is 9.10. The summed E-state index contributed by atoms with van der Waals surface area (Å²) in [6, 6.07) is 28.0. The highest BCUT2D eigenvalue weighted by Gasteiger charge is 2.19. The average molecular weight is 521 g/mol. The molecule has 2 amide bonds. The van der Waals surface area contributed by atoms with Crippen LogP contribution in [0.5, 0.6) is 0 Å². The number of benzene rings is 3. The normalized spacial score (nSPS) is 10.7. The fourth-order valence-electron chi connectivity index (χ4n) is 3.56. The van der Waals surface area contributed by atoms with Gasteiger partial charge in [0.05, 0.1) is 17.1 Å². The first-order chi connectivity index (χ1) is 16.2. The van der Waals surface area contributed by atoms with Gasteiger partial charge in [-0.2, -0.15) is 0 Å². The molecule has 0 aliphatic heterocycles. The number of nitrogens with one attached hydrogen (secondary N) is 2. The first kappa shape index (κ1) is 23.1. The molecule has 4 rings (SSSR count). The van der Waals surface area contributed by atoms with Crippen molar-refractivity contribution < 1.29 is 4.79 Å². The van der Waals surface area contributed by atoms with E-state index in [0.29, 0.717) is 12.3 Å². The number of urea groups is 1. The van der Waals surface area contributed by atoms with Crippen molar-refractivity contribution in [1.82, 2.24) is 14.9 Å². The van der Waals surface area contributed by atoms with Crippen LogP contribution < -0.4 is 10.6 Å². The van der Waals surface area contributed by atoms with Crippen molar-refractivity contribution in [2.75, 3.05) is 17.6 Å². The minimum Gasteiger partial charge on any atom is -0.337 e. The second kappa shape index (κ2) is 11.2. The molecule has 1 aromatic heterocycles. The summed E-state index contributed by atoms with van der Waals surface area (Å²) in [5.41, 5.74) is 5.07. The third-order valence-corrected chi connectivity index (χ3v) is 6.75. The van der Waals surface area contributed by atoms with Crippen molar-refractivity contribution in [3.8, 4) is 22.5 Å². The molecule has 0 unspecified atom stereocenters. The van der Waals surface area contributed by atoms with E-state index in [1.165, 1.54) is 0 Å². The predicted molar refractivity (Wildman–Crippen MR) is 141 cm³/mol. The van der Waals surface area contributed by atoms with Gasteiger partial charge in [-0.05, 0) is 35.0 Å². The molecule has 0 saturated heterocycles. The lowest BCUT2D eigenvalue weighted by atomic mass is 10.0. The van der Waals surface area contributed by atoms with Crippen molar-refractivity contribution in [2.45, 2.75) is 18.6 Å². The summed E-state index contributed by atoms with van der Waals surface area (Å²) in [6.45, 7) is 3.47. The molecule has 0 aliphatic rings. The summed E-state index contributed by atoms with van der Waals surface area (Å²) in [5.74, 6) is 0.711. The Labute approximate surface area is 206 Å². The Hall–Kier alpha value is -3.03. The van der Waals surface area contributed by atoms with Crippen molar-refractivity contribution >= 4 is 39.4 Å². The number of thioether (sulfide) groups is 1. The highest BCUT2D eigenvalue weighted by Crippen LogP contribution is 2.35. The lowest BCUT2D eigenvalue weighted by Crippen LogP contribution is -2.30. The topological polar surface area (TPSA) is 59.0 Å². The third kappa shape index (κ3) is 5.67. The molecule has 33 heavy (non-hydrogen) atoms. The molecule has 5 nitrogen and oxygen atoms in total. The summed E-state index contributed by atoms with van der Waals surface area (Å²) in [4.78, 5) is 17.3. The lowest BCUT2D eigenvalue weighted by Gasteiger charge is -2.11. The van der Waals surface area contributed by atoms with Gasteiger partial charge in [0, 0.05) is 34.4 Å². The second-order valence-corrected chi connectivity index (χ2v) is 9.19. The number of amides is 2. The quantitative estimate of drug-likeness (QED) is 0.196. The highest BCUT2D eigenvalue weighted by atomic mass is 79.9. The molecule has 2 N–H and O–H groups in total. The fraction of sp³-hybridized carbons (Fsp3) is 0.154. The number of carbonyl (C=O) groups excluding carboxylic acids is 1. The van der Waals surface area contributed by atoms with Gasteiger partial charge in [-0.25, -0.2) is 9.78 Å². The van der Waals surface area contributed by atoms with Gasteiger partial charge in [0.15, 0.2) is 5.16 Å². The fourth-order valence-corrected chi connectivity index (χ4v) is 4.86. The molecule has 0 saturated carbocycles. The molecular formula is C26H25BrN4OS. The van der Waals surface area contributed by atoms with Gasteiger partial charge in [-0.15, -0.1) is 0 Å². The van der Waals surface area contributed by atoms with Gasteiger partial charge in [-0.3, -0.25) is 0 Å². The second-order valence-electron chi connectivity index (χ2n) is 7.28. The van der Waals surface area contributed by atoms with Crippen LogP contribution in [0.3, 0.4) is 0 Å². The van der Waals surface area contributed by atoms with Crippen molar-refractivity contribution in [2.24, 2.45) is 0 Å². The number of para-hydroxylation sites is 1. The molecule has 4 aromatic rings. The first-order valence-corrected chi connectivity index (χ1v) is 12.6. The number of anilines is 1. The summed E-state index contributed by atoms with van der Waals surface area (Å²) < 4.78 is 3.10. The number of carbonyl (C=O) groups is 1. The van der Waals surface area contributed by atoms with Gasteiger partial charge in [-0.1, -0.05) is 84.6 Å². The van der Waals surface area contributed by atoms with E-state index in [-0.39, 0.29) is 6.03 Å². The molecule has 168 valence electrons. The Morgan fingerprint density at radius 2 is 1.58 bits per heavy atom. The first-order valence-electron chi connectivity index (χ1n) is 10.8. The van der Waals surface area contributed by atoms with Crippen LogP contribution in [0.1, 0.15) is 6.92 Å². The summed E-state index contributed by atoms with van der Waals surface area (Å²) in [5, 5.41) is 6.73. The smallest absolute Gasteiger partial charge is 0.319 e. The summed E-state index contributed by atoms with van der Waals surface area (Å²) >= 11 is 5.09. The number of aromatic nitrogens is 2. The van der Waals surface area contributed by atoms with E-state index >= 15 is 0 Å². The zero-order chi connectivity index (χ0) is 23.0. The van der Waals surface area contributed by atoms with E-state index in [0.717, 1.165) is 44.4 Å². The van der Waals surface area contributed by atoms with Gasteiger partial charge in [0.2, 0.25) is 0 Å². The minimum atomic E-state index is -0.226. The predicted octanol–water partition coefficient (Wildman–Crippen LogP) is 6.91. The molecular weight excluding hydrogens is 496 g/mol. The maximum Gasteiger partial charge on any atom is 0.319 e. The Morgan fingerprint density at radius 1 is 0.939 bits per heavy atom. The van der Waals surface area contributed by atoms with E-state index in [4.69, 9.17) is 4.98 Å². The monoisotopic (exact) mass is 520 g/mol. The van der Waals surface area contributed by atoms with Crippen LogP contribution in [0.25, 0.3) is 22.5 Å². The minimum absolute atomic E-state index is 0.226. The summed E-state index contributed by atoms with van der Waals surface area (Å²) in [6.07, 6.45) is 0. The Morgan fingerprint density at radius 3 is 2.24 bits per heavy atom. The van der Waals surface area contributed by atoms with Crippen molar-refractivity contribution in [3.63, 3.8) is 0 Å². The van der Waals surface area contributed by atoms with Crippen molar-refractivity contribution in [3.05, 3.63) is 89.4 Å². The molecule has 1 heterocycles. The van der Waals surface area contributed by atoms with E-state index in [1.54, 1.807) is 11.8 Å². The SMILES string of the molecule is CCn1c(SCCNC(=O)Nc2ccccc2Br)nc(-c2ccccc2)c1-c1ccccc1. The Kier molecular flexibility index (Phi) is 7.86. The van der Waals surface area contributed by atoms with E-state index in [1.807, 2.05) is 48.5 Å². The Bertz CT molecular complexity index is 1210. The number of hydrogen-bond donors (Lipinski definition) is 2. The van der Waals surface area contributed by atoms with E-state index in [9.17, 15) is 4.79 Å². The standard InChI is InChI=1S/C26H25BrN4OS/c1-2-31-24(20-13-7-4-8-14-20)23(19-11-5-3-6-12-19)30-26(31)33-18-17-28-25(32)29-22-16-10-9-15-21(22)27/h3-16H,2,17-18H2,1H3,(H2,28,29,32). The van der Waals surface area contributed by atoms with Crippen LogP contribution in [0.2, 0.25) is 0 Å². The number of hydrogen-bond acceptors (Lipinski definition) is 3. The van der Waals surface area contributed by atoms with Crippen LogP contribution in [0.4, 0.5) is 10.5 Å². The zero-order valence-corrected chi connectivity index (χ0v) is 20.7. The zero-order valence-electron chi connectivity index (χ0n) is 18.3. The molecule has 0 spiro atoms. The number of nitrogens with zero attached hydrogens (tertiary/aromatic N) is 2. The molecule has 0 aliphatic carbocycles. The Balaban J connectivity index is 1.48. The van der Waals surface area contributed by atoms with Crippen LogP contribution in [-0.2, 0) is 6.54 Å². The number of rotatable bonds is 8. The molecule has 0 fully saturated rings. The van der Waals surface area contributed by atoms with Gasteiger partial charge < -0.3 is 15.2 Å². The third-order valence-electron chi connectivity index (χ3n) is 5.08. The van der Waals surface area contributed by atoms with Crippen LogP contribution >= 0.6 is 27.7 Å². The number of imidazole rings is 1. The van der Waals surface area contributed by atoms with Crippen LogP contribution in [-0.4, -0.2) is 27.9 Å². The molecule has 0 atom stereocenters. The molecule has 0 radical (unpaired) electrons. The lowest BCUT2D eigenvalue weighted by molar-refractivity contribution is 0.252. The van der Waals surface area contributed by atoms with Gasteiger partial charge in [0.1, 0.15) is 0 Å². The van der Waals surface area contributed by atoms with Gasteiger partial charge in [0.25, 0.3) is 0 Å². The molecule has 7 heteroatoms. The van der Waals surface area contributed by atoms with Gasteiger partial charge >= 0.3 is 6.03 Å². The maximum absolute atomic E-state index is 12.3.